The van der Waals surface area contributed by atoms with Crippen LogP contribution in [0.25, 0.3) is 0 Å². The summed E-state index contributed by atoms with van der Waals surface area (Å²) < 4.78 is 12.3. The van der Waals surface area contributed by atoms with E-state index < -0.39 is 5.97 Å². The van der Waals surface area contributed by atoms with Gasteiger partial charge in [-0.1, -0.05) is 194 Å². The summed E-state index contributed by atoms with van der Waals surface area (Å²) >= 11 is 0. The molecule has 0 fully saturated rings. The fraction of sp³-hybridized carbons (Fsp3) is 0.947. The lowest BCUT2D eigenvalue weighted by Crippen LogP contribution is -2.43. The molecule has 0 rings (SSSR count). The monoisotopic (exact) mass is 581 g/mol. The second-order valence-corrected chi connectivity index (χ2v) is 12.8. The zero-order valence-corrected chi connectivity index (χ0v) is 28.5. The van der Waals surface area contributed by atoms with Gasteiger partial charge in [0.15, 0.2) is 0 Å². The predicted molar refractivity (Wildman–Crippen MR) is 181 cm³/mol. The van der Waals surface area contributed by atoms with Crippen molar-refractivity contribution in [3.8, 4) is 0 Å². The van der Waals surface area contributed by atoms with Gasteiger partial charge in [0.1, 0.15) is 0 Å². The van der Waals surface area contributed by atoms with Crippen LogP contribution in [0.2, 0.25) is 0 Å². The maximum Gasteiger partial charge on any atom is 0.286 e. The number of aliphatic hydroxyl groups is 1. The lowest BCUT2D eigenvalue weighted by molar-refractivity contribution is -0.380. The van der Waals surface area contributed by atoms with Crippen LogP contribution in [-0.2, 0) is 9.47 Å². The van der Waals surface area contributed by atoms with Crippen LogP contribution in [0.5, 0.6) is 0 Å². The van der Waals surface area contributed by atoms with Gasteiger partial charge >= 0.3 is 0 Å². The highest BCUT2D eigenvalue weighted by Crippen LogP contribution is 2.29. The van der Waals surface area contributed by atoms with Gasteiger partial charge < -0.3 is 14.6 Å². The Kier molecular flexibility index (Phi) is 32.2. The zero-order valence-electron chi connectivity index (χ0n) is 28.5. The summed E-state index contributed by atoms with van der Waals surface area (Å²) in [6.45, 7) is 12.0. The molecule has 0 radical (unpaired) electrons. The molecule has 246 valence electrons. The summed E-state index contributed by atoms with van der Waals surface area (Å²) in [6.07, 6.45) is 39.0. The van der Waals surface area contributed by atoms with E-state index in [0.29, 0.717) is 13.2 Å². The molecule has 0 heterocycles. The van der Waals surface area contributed by atoms with Gasteiger partial charge in [-0.3, -0.25) is 0 Å². The van der Waals surface area contributed by atoms with Gasteiger partial charge in [0, 0.05) is 0 Å². The fourth-order valence-corrected chi connectivity index (χ4v) is 5.82. The molecule has 0 amide bonds. The highest BCUT2D eigenvalue weighted by atomic mass is 16.8. The van der Waals surface area contributed by atoms with Crippen LogP contribution >= 0.6 is 0 Å². The minimum atomic E-state index is -1.53. The number of hydrogen-bond donors (Lipinski definition) is 1. The largest absolute Gasteiger partial charge is 0.343 e. The average molecular weight is 581 g/mol. The smallest absolute Gasteiger partial charge is 0.286 e. The molecule has 0 aromatic heterocycles. The van der Waals surface area contributed by atoms with Crippen molar-refractivity contribution in [1.29, 1.82) is 0 Å². The van der Waals surface area contributed by atoms with Crippen LogP contribution in [0.15, 0.2) is 12.7 Å². The van der Waals surface area contributed by atoms with Gasteiger partial charge in [-0.15, -0.1) is 6.58 Å². The number of hydrogen-bond acceptors (Lipinski definition) is 3. The Morgan fingerprint density at radius 3 is 1.02 bits per heavy atom. The summed E-state index contributed by atoms with van der Waals surface area (Å²) in [7, 11) is 0. The van der Waals surface area contributed by atoms with Crippen LogP contribution in [0, 0.1) is 5.92 Å². The number of unbranched alkanes of at least 4 members (excludes halogenated alkanes) is 25. The number of rotatable bonds is 35. The maximum absolute atomic E-state index is 11.5. The minimum absolute atomic E-state index is 0.172. The molecule has 3 heteroatoms. The molecule has 3 nitrogen and oxygen atoms in total. The molecular formula is C38H76O3. The Balaban J connectivity index is 4.38. The van der Waals surface area contributed by atoms with E-state index in [2.05, 4.69) is 27.4 Å². The van der Waals surface area contributed by atoms with E-state index in [9.17, 15) is 5.11 Å². The zero-order chi connectivity index (χ0) is 30.1. The molecular weight excluding hydrogens is 504 g/mol. The lowest BCUT2D eigenvalue weighted by Gasteiger charge is -2.34. The van der Waals surface area contributed by atoms with Gasteiger partial charge in [0.25, 0.3) is 5.97 Å². The molecule has 0 bridgehead atoms. The highest BCUT2D eigenvalue weighted by molar-refractivity contribution is 4.86. The Morgan fingerprint density at radius 1 is 0.463 bits per heavy atom. The molecule has 0 saturated carbocycles. The molecule has 1 unspecified atom stereocenters. The summed E-state index contributed by atoms with van der Waals surface area (Å²) in [5.41, 5.74) is 0. The molecule has 41 heavy (non-hydrogen) atoms. The second kappa shape index (κ2) is 32.5. The Hall–Kier alpha value is -0.380. The molecule has 0 aliphatic rings. The van der Waals surface area contributed by atoms with Gasteiger partial charge in [0.2, 0.25) is 0 Å². The van der Waals surface area contributed by atoms with Gasteiger partial charge in [-0.25, -0.2) is 0 Å². The van der Waals surface area contributed by atoms with Crippen molar-refractivity contribution in [1.82, 2.24) is 0 Å². The van der Waals surface area contributed by atoms with E-state index >= 15 is 0 Å². The first-order valence-corrected chi connectivity index (χ1v) is 18.8. The van der Waals surface area contributed by atoms with Crippen molar-refractivity contribution in [2.24, 2.45) is 5.92 Å². The van der Waals surface area contributed by atoms with Crippen LogP contribution in [0.4, 0.5) is 0 Å². The highest BCUT2D eigenvalue weighted by Gasteiger charge is 2.37. The van der Waals surface area contributed by atoms with Crippen molar-refractivity contribution in [3.05, 3.63) is 12.7 Å². The van der Waals surface area contributed by atoms with Crippen molar-refractivity contribution >= 4 is 0 Å². The number of ether oxygens (including phenoxy) is 2. The third-order valence-corrected chi connectivity index (χ3v) is 8.74. The average Bonchev–Trinajstić information content (AvgIpc) is 2.98. The van der Waals surface area contributed by atoms with Gasteiger partial charge in [-0.2, -0.15) is 0 Å². The summed E-state index contributed by atoms with van der Waals surface area (Å²) in [6, 6.07) is 0. The van der Waals surface area contributed by atoms with Crippen LogP contribution in [0.1, 0.15) is 207 Å². The Morgan fingerprint density at radius 2 is 0.732 bits per heavy atom. The first kappa shape index (κ1) is 40.6. The third-order valence-electron chi connectivity index (χ3n) is 8.74. The summed E-state index contributed by atoms with van der Waals surface area (Å²) in [5.74, 6) is -1.70. The molecule has 1 atom stereocenters. The Bertz CT molecular complexity index is 480. The van der Waals surface area contributed by atoms with Crippen molar-refractivity contribution in [2.75, 3.05) is 13.2 Å². The molecule has 0 aliphatic carbocycles. The van der Waals surface area contributed by atoms with E-state index in [-0.39, 0.29) is 5.92 Å². The van der Waals surface area contributed by atoms with E-state index in [1.54, 1.807) is 0 Å². The van der Waals surface area contributed by atoms with E-state index in [1.165, 1.54) is 161 Å². The molecule has 0 spiro atoms. The lowest BCUT2D eigenvalue weighted by atomic mass is 9.97. The van der Waals surface area contributed by atoms with Crippen LogP contribution < -0.4 is 0 Å². The van der Waals surface area contributed by atoms with Crippen LogP contribution in [-0.4, -0.2) is 24.3 Å². The first-order valence-electron chi connectivity index (χ1n) is 18.8. The fourth-order valence-electron chi connectivity index (χ4n) is 5.82. The quantitative estimate of drug-likeness (QED) is 0.0460. The maximum atomic E-state index is 11.5. The Labute approximate surface area is 259 Å². The standard InChI is InChI=1S/C38H76O3/c1-5-9-12-15-18-21-23-26-29-32-35-40-38(39,37(8-4)34-31-28-25-20-17-14-11-7-3)41-36-33-30-27-24-22-19-16-13-10-6-2/h8,37,39H,4-7,9-36H2,1-3H3. The normalized spacial score (nSPS) is 12.7. The van der Waals surface area contributed by atoms with E-state index in [1.807, 2.05) is 6.08 Å². The molecule has 0 aromatic carbocycles. The van der Waals surface area contributed by atoms with Crippen molar-refractivity contribution in [2.45, 2.75) is 213 Å². The molecule has 0 aliphatic heterocycles. The third kappa shape index (κ3) is 26.9. The topological polar surface area (TPSA) is 38.7 Å². The van der Waals surface area contributed by atoms with Crippen molar-refractivity contribution in [3.63, 3.8) is 0 Å². The molecule has 0 aromatic rings. The minimum Gasteiger partial charge on any atom is -0.343 e. The van der Waals surface area contributed by atoms with Gasteiger partial charge in [0.05, 0.1) is 19.1 Å². The first-order chi connectivity index (χ1) is 20.1. The molecule has 1 N–H and O–H groups in total. The van der Waals surface area contributed by atoms with Crippen LogP contribution in [0.3, 0.4) is 0 Å². The van der Waals surface area contributed by atoms with E-state index in [0.717, 1.165) is 25.7 Å². The SMILES string of the molecule is C=CC(CCCCCCCCCC)C(O)(OCCCCCCCCCCCC)OCCCCCCCCCCCC. The predicted octanol–water partition coefficient (Wildman–Crippen LogP) is 12.8. The second-order valence-electron chi connectivity index (χ2n) is 12.8. The summed E-state index contributed by atoms with van der Waals surface area (Å²) in [4.78, 5) is 0. The van der Waals surface area contributed by atoms with Crippen molar-refractivity contribution < 1.29 is 14.6 Å². The molecule has 0 saturated heterocycles. The summed E-state index contributed by atoms with van der Waals surface area (Å²) in [5, 5.41) is 11.5. The van der Waals surface area contributed by atoms with Gasteiger partial charge in [-0.05, 0) is 19.3 Å². The van der Waals surface area contributed by atoms with E-state index in [4.69, 9.17) is 9.47 Å².